The molecule has 2 rings (SSSR count). The first-order valence-corrected chi connectivity index (χ1v) is 7.73. The predicted octanol–water partition coefficient (Wildman–Crippen LogP) is 1.33. The van der Waals surface area contributed by atoms with Gasteiger partial charge in [-0.15, -0.1) is 0 Å². The highest BCUT2D eigenvalue weighted by atomic mass is 16.5. The van der Waals surface area contributed by atoms with Crippen molar-refractivity contribution >= 4 is 6.08 Å². The summed E-state index contributed by atoms with van der Waals surface area (Å²) in [5.74, 6) is 0. The molecule has 4 nitrogen and oxygen atoms in total. The van der Waals surface area contributed by atoms with Gasteiger partial charge < -0.3 is 9.84 Å². The van der Waals surface area contributed by atoms with Crippen LogP contribution in [0.15, 0.2) is 36.4 Å². The van der Waals surface area contributed by atoms with Gasteiger partial charge in [-0.2, -0.15) is 0 Å². The van der Waals surface area contributed by atoms with Crippen LogP contribution in [0, 0.1) is 0 Å². The van der Waals surface area contributed by atoms with Crippen LogP contribution < -0.4 is 0 Å². The Labute approximate surface area is 127 Å². The first-order valence-electron chi connectivity index (χ1n) is 7.73. The van der Waals surface area contributed by atoms with Crippen LogP contribution in [0.5, 0.6) is 0 Å². The summed E-state index contributed by atoms with van der Waals surface area (Å²) < 4.78 is 5.31. The molecular weight excluding hydrogens is 264 g/mol. The Balaban J connectivity index is 1.60. The Hall–Kier alpha value is -1.20. The topological polar surface area (TPSA) is 35.9 Å². The number of piperazine rings is 1. The third-order valence-corrected chi connectivity index (χ3v) is 3.73. The van der Waals surface area contributed by atoms with Crippen LogP contribution in [0.3, 0.4) is 0 Å². The van der Waals surface area contributed by atoms with Crippen LogP contribution in [-0.4, -0.2) is 74.0 Å². The van der Waals surface area contributed by atoms with E-state index in [1.165, 1.54) is 5.56 Å². The minimum absolute atomic E-state index is 0.113. The summed E-state index contributed by atoms with van der Waals surface area (Å²) in [6.07, 6.45) is 4.43. The van der Waals surface area contributed by atoms with Crippen LogP contribution in [0.4, 0.5) is 0 Å². The van der Waals surface area contributed by atoms with Crippen molar-refractivity contribution in [3.8, 4) is 0 Å². The van der Waals surface area contributed by atoms with Crippen LogP contribution in [-0.2, 0) is 4.74 Å². The average molecular weight is 290 g/mol. The molecule has 1 heterocycles. The van der Waals surface area contributed by atoms with Gasteiger partial charge in [0.15, 0.2) is 0 Å². The van der Waals surface area contributed by atoms with Crippen LogP contribution in [0.2, 0.25) is 0 Å². The zero-order valence-electron chi connectivity index (χ0n) is 12.7. The van der Waals surface area contributed by atoms with Gasteiger partial charge in [-0.1, -0.05) is 42.5 Å². The summed E-state index contributed by atoms with van der Waals surface area (Å²) in [7, 11) is 0. The number of rotatable bonds is 8. The molecule has 0 aliphatic carbocycles. The second-order valence-corrected chi connectivity index (χ2v) is 5.29. The predicted molar refractivity (Wildman–Crippen MR) is 86.3 cm³/mol. The van der Waals surface area contributed by atoms with Gasteiger partial charge in [-0.25, -0.2) is 0 Å². The lowest BCUT2D eigenvalue weighted by atomic mass is 10.2. The lowest BCUT2D eigenvalue weighted by Gasteiger charge is -2.34. The van der Waals surface area contributed by atoms with Crippen molar-refractivity contribution in [1.29, 1.82) is 0 Å². The minimum Gasteiger partial charge on any atom is -0.394 e. The SMILES string of the molecule is OCCOCCN1CCN(C/C=C/c2ccccc2)CC1. The largest absolute Gasteiger partial charge is 0.394 e. The van der Waals surface area contributed by atoms with E-state index < -0.39 is 0 Å². The van der Waals surface area contributed by atoms with E-state index in [2.05, 4.69) is 46.2 Å². The normalized spacial score (nSPS) is 17.6. The lowest BCUT2D eigenvalue weighted by molar-refractivity contribution is 0.0594. The molecule has 1 aliphatic rings. The summed E-state index contributed by atoms with van der Waals surface area (Å²) in [5, 5.41) is 8.65. The monoisotopic (exact) mass is 290 g/mol. The number of benzene rings is 1. The highest BCUT2D eigenvalue weighted by molar-refractivity contribution is 5.48. The lowest BCUT2D eigenvalue weighted by Crippen LogP contribution is -2.47. The van der Waals surface area contributed by atoms with E-state index in [0.29, 0.717) is 13.2 Å². The molecule has 21 heavy (non-hydrogen) atoms. The van der Waals surface area contributed by atoms with E-state index in [-0.39, 0.29) is 6.61 Å². The maximum absolute atomic E-state index is 8.65. The highest BCUT2D eigenvalue weighted by Gasteiger charge is 2.15. The Morgan fingerprint density at radius 3 is 2.43 bits per heavy atom. The zero-order chi connectivity index (χ0) is 14.8. The molecule has 1 fully saturated rings. The van der Waals surface area contributed by atoms with Crippen molar-refractivity contribution in [2.75, 3.05) is 59.1 Å². The maximum atomic E-state index is 8.65. The molecule has 1 aromatic carbocycles. The van der Waals surface area contributed by atoms with Crippen LogP contribution in [0.25, 0.3) is 6.08 Å². The van der Waals surface area contributed by atoms with E-state index in [1.807, 2.05) is 6.07 Å². The highest BCUT2D eigenvalue weighted by Crippen LogP contribution is 2.04. The van der Waals surface area contributed by atoms with E-state index in [4.69, 9.17) is 9.84 Å². The summed E-state index contributed by atoms with van der Waals surface area (Å²) in [6, 6.07) is 10.4. The second kappa shape index (κ2) is 9.68. The number of nitrogens with zero attached hydrogens (tertiary/aromatic N) is 2. The fourth-order valence-electron chi connectivity index (χ4n) is 2.46. The van der Waals surface area contributed by atoms with Gasteiger partial charge in [0, 0.05) is 39.3 Å². The molecule has 116 valence electrons. The van der Waals surface area contributed by atoms with Crippen molar-refractivity contribution in [1.82, 2.24) is 9.80 Å². The summed E-state index contributed by atoms with van der Waals surface area (Å²) in [6.45, 7) is 7.68. The quantitative estimate of drug-likeness (QED) is 0.733. The Morgan fingerprint density at radius 2 is 1.71 bits per heavy atom. The molecule has 0 spiro atoms. The Morgan fingerprint density at radius 1 is 1.00 bits per heavy atom. The van der Waals surface area contributed by atoms with Crippen molar-refractivity contribution in [3.63, 3.8) is 0 Å². The van der Waals surface area contributed by atoms with E-state index in [0.717, 1.165) is 39.3 Å². The number of hydrogen-bond acceptors (Lipinski definition) is 4. The number of hydrogen-bond donors (Lipinski definition) is 1. The smallest absolute Gasteiger partial charge is 0.0698 e. The molecule has 0 atom stereocenters. The molecule has 1 saturated heterocycles. The van der Waals surface area contributed by atoms with Crippen LogP contribution in [0.1, 0.15) is 5.56 Å². The molecule has 1 aliphatic heterocycles. The third kappa shape index (κ3) is 6.40. The third-order valence-electron chi connectivity index (χ3n) is 3.73. The molecule has 0 amide bonds. The molecule has 4 heteroatoms. The van der Waals surface area contributed by atoms with Crippen molar-refractivity contribution in [3.05, 3.63) is 42.0 Å². The summed E-state index contributed by atoms with van der Waals surface area (Å²) >= 11 is 0. The number of aliphatic hydroxyl groups is 1. The van der Waals surface area contributed by atoms with Crippen LogP contribution >= 0.6 is 0 Å². The molecule has 0 unspecified atom stereocenters. The molecular formula is C17H26N2O2. The van der Waals surface area contributed by atoms with Crippen molar-refractivity contribution in [2.24, 2.45) is 0 Å². The van der Waals surface area contributed by atoms with Gasteiger partial charge in [0.2, 0.25) is 0 Å². The van der Waals surface area contributed by atoms with E-state index >= 15 is 0 Å². The standard InChI is InChI=1S/C17H26N2O2/c20-14-16-21-15-13-19-11-9-18(10-12-19)8-4-7-17-5-2-1-3-6-17/h1-7,20H,8-16H2/b7-4+. The maximum Gasteiger partial charge on any atom is 0.0698 e. The average Bonchev–Trinajstić information content (AvgIpc) is 2.54. The van der Waals surface area contributed by atoms with Gasteiger partial charge in [0.1, 0.15) is 0 Å². The number of ether oxygens (including phenoxy) is 1. The summed E-state index contributed by atoms with van der Waals surface area (Å²) in [5.41, 5.74) is 1.26. The first-order chi connectivity index (χ1) is 10.4. The number of aliphatic hydroxyl groups excluding tert-OH is 1. The molecule has 0 radical (unpaired) electrons. The van der Waals surface area contributed by atoms with Gasteiger partial charge >= 0.3 is 0 Å². The first kappa shape index (κ1) is 16.2. The Bertz CT molecular complexity index is 401. The van der Waals surface area contributed by atoms with Gasteiger partial charge in [0.25, 0.3) is 0 Å². The molecule has 0 saturated carbocycles. The molecule has 0 bridgehead atoms. The van der Waals surface area contributed by atoms with E-state index in [9.17, 15) is 0 Å². The molecule has 1 aromatic rings. The van der Waals surface area contributed by atoms with Gasteiger partial charge in [-0.3, -0.25) is 9.80 Å². The fraction of sp³-hybridized carbons (Fsp3) is 0.529. The molecule has 0 aromatic heterocycles. The Kier molecular flexibility index (Phi) is 7.46. The zero-order valence-corrected chi connectivity index (χ0v) is 12.7. The fourth-order valence-corrected chi connectivity index (χ4v) is 2.46. The van der Waals surface area contributed by atoms with E-state index in [1.54, 1.807) is 0 Å². The minimum atomic E-state index is 0.113. The van der Waals surface area contributed by atoms with Gasteiger partial charge in [0.05, 0.1) is 19.8 Å². The second-order valence-electron chi connectivity index (χ2n) is 5.29. The van der Waals surface area contributed by atoms with Crippen molar-refractivity contribution in [2.45, 2.75) is 0 Å². The summed E-state index contributed by atoms with van der Waals surface area (Å²) in [4.78, 5) is 4.90. The van der Waals surface area contributed by atoms with Gasteiger partial charge in [-0.05, 0) is 5.56 Å². The van der Waals surface area contributed by atoms with Crippen molar-refractivity contribution < 1.29 is 9.84 Å². The molecule has 1 N–H and O–H groups in total.